The van der Waals surface area contributed by atoms with Gasteiger partial charge in [0.25, 0.3) is 0 Å². The Bertz CT molecular complexity index is 176. The highest BCUT2D eigenvalue weighted by Crippen LogP contribution is 2.33. The second kappa shape index (κ2) is 9.74. The van der Waals surface area contributed by atoms with Gasteiger partial charge in [-0.2, -0.15) is 0 Å². The normalized spacial score (nSPS) is 15.2. The van der Waals surface area contributed by atoms with Gasteiger partial charge < -0.3 is 0 Å². The third-order valence-corrected chi connectivity index (χ3v) is 4.30. The molecule has 2 unspecified atom stereocenters. The highest BCUT2D eigenvalue weighted by molar-refractivity contribution is 4.87. The molecule has 0 amide bonds. The van der Waals surface area contributed by atoms with Crippen molar-refractivity contribution in [3.63, 3.8) is 0 Å². The zero-order valence-corrected chi connectivity index (χ0v) is 12.8. The zero-order valence-electron chi connectivity index (χ0n) is 12.8. The van der Waals surface area contributed by atoms with Gasteiger partial charge in [0.1, 0.15) is 0 Å². The molecule has 0 spiro atoms. The second-order valence-corrected chi connectivity index (χ2v) is 5.87. The minimum Gasteiger partial charge on any atom is -0.103 e. The van der Waals surface area contributed by atoms with Crippen LogP contribution in [0.25, 0.3) is 0 Å². The summed E-state index contributed by atoms with van der Waals surface area (Å²) < 4.78 is 0. The summed E-state index contributed by atoms with van der Waals surface area (Å²) >= 11 is 0. The fraction of sp³-hybridized carbons (Fsp3) is 0.882. The van der Waals surface area contributed by atoms with E-state index in [1.54, 1.807) is 0 Å². The molecule has 102 valence electrons. The molecule has 0 saturated carbocycles. The number of hydrogen-bond acceptors (Lipinski definition) is 0. The molecule has 0 fully saturated rings. The van der Waals surface area contributed by atoms with Crippen LogP contribution in [0.1, 0.15) is 73.1 Å². The average molecular weight is 238 g/mol. The smallest absolute Gasteiger partial charge is 0.0205 e. The molecule has 0 aromatic rings. The van der Waals surface area contributed by atoms with Gasteiger partial charge in [0, 0.05) is 0 Å². The van der Waals surface area contributed by atoms with Crippen LogP contribution >= 0.6 is 0 Å². The summed E-state index contributed by atoms with van der Waals surface area (Å²) in [5.74, 6) is 3.33. The average Bonchev–Trinajstić information content (AvgIpc) is 2.32. The van der Waals surface area contributed by atoms with E-state index in [9.17, 15) is 0 Å². The van der Waals surface area contributed by atoms with Crippen molar-refractivity contribution in [1.82, 2.24) is 0 Å². The molecular weight excluding hydrogens is 204 g/mol. The van der Waals surface area contributed by atoms with Crippen LogP contribution in [-0.2, 0) is 0 Å². The third-order valence-electron chi connectivity index (χ3n) is 4.30. The first-order valence-corrected chi connectivity index (χ1v) is 7.73. The fourth-order valence-electron chi connectivity index (χ4n) is 3.15. The lowest BCUT2D eigenvalue weighted by atomic mass is 9.75. The van der Waals surface area contributed by atoms with Gasteiger partial charge in [0.2, 0.25) is 0 Å². The van der Waals surface area contributed by atoms with E-state index in [1.165, 1.54) is 38.5 Å². The van der Waals surface area contributed by atoms with Crippen molar-refractivity contribution in [3.05, 3.63) is 12.7 Å². The van der Waals surface area contributed by atoms with Crippen LogP contribution in [0.2, 0.25) is 0 Å². The van der Waals surface area contributed by atoms with Crippen molar-refractivity contribution in [2.75, 3.05) is 0 Å². The van der Waals surface area contributed by atoms with Crippen LogP contribution < -0.4 is 0 Å². The van der Waals surface area contributed by atoms with Crippen LogP contribution in [0.15, 0.2) is 12.7 Å². The molecule has 0 aliphatic rings. The first-order valence-electron chi connectivity index (χ1n) is 7.73. The monoisotopic (exact) mass is 238 g/mol. The molecule has 0 aromatic carbocycles. The third kappa shape index (κ3) is 6.29. The zero-order chi connectivity index (χ0) is 13.3. The molecule has 17 heavy (non-hydrogen) atoms. The lowest BCUT2D eigenvalue weighted by molar-refractivity contribution is 0.225. The number of hydrogen-bond donors (Lipinski definition) is 0. The maximum absolute atomic E-state index is 4.08. The van der Waals surface area contributed by atoms with Gasteiger partial charge in [0.15, 0.2) is 0 Å². The van der Waals surface area contributed by atoms with E-state index >= 15 is 0 Å². The van der Waals surface area contributed by atoms with Crippen molar-refractivity contribution >= 4 is 0 Å². The maximum Gasteiger partial charge on any atom is -0.0205 e. The lowest BCUT2D eigenvalue weighted by Crippen LogP contribution is -2.21. The number of allylic oxidation sites excluding steroid dienone is 1. The van der Waals surface area contributed by atoms with Gasteiger partial charge in [-0.1, -0.05) is 72.8 Å². The van der Waals surface area contributed by atoms with Crippen molar-refractivity contribution < 1.29 is 0 Å². The first kappa shape index (κ1) is 16.7. The summed E-state index contributed by atoms with van der Waals surface area (Å²) in [4.78, 5) is 0. The van der Waals surface area contributed by atoms with Crippen molar-refractivity contribution in [2.24, 2.45) is 23.7 Å². The molecule has 0 rings (SSSR count). The molecule has 0 radical (unpaired) electrons. The lowest BCUT2D eigenvalue weighted by Gasteiger charge is -2.30. The Morgan fingerprint density at radius 3 is 1.88 bits per heavy atom. The molecule has 0 heterocycles. The van der Waals surface area contributed by atoms with E-state index in [2.05, 4.69) is 47.3 Å². The minimum atomic E-state index is 0.739. The van der Waals surface area contributed by atoms with Gasteiger partial charge in [-0.25, -0.2) is 0 Å². The first-order chi connectivity index (χ1) is 8.10. The standard InChI is InChI=1S/C17H34/c1-7-15(8-2)17(10-4)16(9-3)13-11-12-14(5)6/h9,14-17H,3,7-8,10-13H2,1-2,4-6H3. The Morgan fingerprint density at radius 1 is 0.941 bits per heavy atom. The van der Waals surface area contributed by atoms with E-state index in [1.807, 2.05) is 0 Å². The Morgan fingerprint density at radius 2 is 1.53 bits per heavy atom. The predicted octanol–water partition coefficient (Wildman–Crippen LogP) is 6.08. The molecule has 0 saturated heterocycles. The van der Waals surface area contributed by atoms with Crippen LogP contribution in [-0.4, -0.2) is 0 Å². The topological polar surface area (TPSA) is 0 Å². The highest BCUT2D eigenvalue weighted by Gasteiger charge is 2.23. The van der Waals surface area contributed by atoms with Crippen molar-refractivity contribution in [2.45, 2.75) is 73.1 Å². The van der Waals surface area contributed by atoms with Gasteiger partial charge in [-0.3, -0.25) is 0 Å². The van der Waals surface area contributed by atoms with Gasteiger partial charge in [-0.15, -0.1) is 6.58 Å². The molecule has 2 atom stereocenters. The summed E-state index contributed by atoms with van der Waals surface area (Å²) in [5, 5.41) is 0. The highest BCUT2D eigenvalue weighted by atomic mass is 14.3. The maximum atomic E-state index is 4.08. The summed E-state index contributed by atoms with van der Waals surface area (Å²) in [5.41, 5.74) is 0. The van der Waals surface area contributed by atoms with E-state index in [-0.39, 0.29) is 0 Å². The molecule has 0 aliphatic heterocycles. The van der Waals surface area contributed by atoms with Gasteiger partial charge >= 0.3 is 0 Å². The molecule has 0 aliphatic carbocycles. The molecule has 0 heteroatoms. The summed E-state index contributed by atoms with van der Waals surface area (Å²) in [6.45, 7) is 15.7. The van der Waals surface area contributed by atoms with E-state index in [0.717, 1.165) is 23.7 Å². The predicted molar refractivity (Wildman–Crippen MR) is 80.2 cm³/mol. The summed E-state index contributed by atoms with van der Waals surface area (Å²) in [6.07, 6.45) is 10.3. The Balaban J connectivity index is 4.32. The van der Waals surface area contributed by atoms with Gasteiger partial charge in [-0.05, 0) is 30.1 Å². The number of rotatable bonds is 10. The Labute approximate surface area is 110 Å². The fourth-order valence-corrected chi connectivity index (χ4v) is 3.15. The van der Waals surface area contributed by atoms with Gasteiger partial charge in [0.05, 0.1) is 0 Å². The SMILES string of the molecule is C=CC(CCCC(C)C)C(CC)C(CC)CC. The van der Waals surface area contributed by atoms with Crippen LogP contribution in [0.5, 0.6) is 0 Å². The second-order valence-electron chi connectivity index (χ2n) is 5.87. The Hall–Kier alpha value is -0.260. The van der Waals surface area contributed by atoms with Crippen molar-refractivity contribution in [3.8, 4) is 0 Å². The minimum absolute atomic E-state index is 0.739. The molecular formula is C17H34. The summed E-state index contributed by atoms with van der Waals surface area (Å²) in [7, 11) is 0. The van der Waals surface area contributed by atoms with Crippen LogP contribution in [0.3, 0.4) is 0 Å². The Kier molecular flexibility index (Phi) is 9.59. The molecule has 0 N–H and O–H groups in total. The molecule has 0 nitrogen and oxygen atoms in total. The van der Waals surface area contributed by atoms with E-state index in [4.69, 9.17) is 0 Å². The largest absolute Gasteiger partial charge is 0.103 e. The quantitative estimate of drug-likeness (QED) is 0.405. The van der Waals surface area contributed by atoms with Crippen LogP contribution in [0, 0.1) is 23.7 Å². The summed E-state index contributed by atoms with van der Waals surface area (Å²) in [6, 6.07) is 0. The van der Waals surface area contributed by atoms with E-state index in [0.29, 0.717) is 0 Å². The molecule has 0 bridgehead atoms. The van der Waals surface area contributed by atoms with Crippen LogP contribution in [0.4, 0.5) is 0 Å². The van der Waals surface area contributed by atoms with E-state index < -0.39 is 0 Å². The molecule has 0 aromatic heterocycles. The van der Waals surface area contributed by atoms with Crippen molar-refractivity contribution in [1.29, 1.82) is 0 Å².